The Morgan fingerprint density at radius 1 is 1.12 bits per heavy atom. The largest absolute Gasteiger partial charge is 0.356 e. The lowest BCUT2D eigenvalue weighted by Crippen LogP contribution is -2.38. The Morgan fingerprint density at radius 2 is 1.81 bits per heavy atom. The van der Waals surface area contributed by atoms with Crippen molar-refractivity contribution < 1.29 is 0 Å². The molecule has 0 amide bonds. The number of halogens is 1. The summed E-state index contributed by atoms with van der Waals surface area (Å²) < 4.78 is 0. The summed E-state index contributed by atoms with van der Waals surface area (Å²) in [6.45, 7) is 4.24. The molecule has 0 bridgehead atoms. The second-order valence-electron chi connectivity index (χ2n) is 3.48. The summed E-state index contributed by atoms with van der Waals surface area (Å²) >= 11 is 1.84. The monoisotopic (exact) mass is 359 g/mol. The van der Waals surface area contributed by atoms with Crippen LogP contribution in [0.25, 0.3) is 0 Å². The highest BCUT2D eigenvalue weighted by Crippen LogP contribution is 1.96. The maximum absolute atomic E-state index is 4.16. The van der Waals surface area contributed by atoms with E-state index in [1.807, 2.05) is 18.8 Å². The van der Waals surface area contributed by atoms with E-state index >= 15 is 0 Å². The van der Waals surface area contributed by atoms with Crippen LogP contribution in [-0.4, -0.2) is 38.1 Å². The topological polar surface area (TPSA) is 36.4 Å². The molecule has 16 heavy (non-hydrogen) atoms. The van der Waals surface area contributed by atoms with Crippen molar-refractivity contribution in [3.8, 4) is 0 Å². The molecule has 0 atom stereocenters. The highest BCUT2D eigenvalue weighted by Gasteiger charge is 1.95. The van der Waals surface area contributed by atoms with Gasteiger partial charge in [-0.1, -0.05) is 26.2 Å². The standard InChI is InChI=1S/C11H25N3S.HI/c1-4-5-6-7-8-13-11(12-2)14-9-10-15-3;/h4-10H2,1-3H3,(H2,12,13,14);1H. The van der Waals surface area contributed by atoms with E-state index in [1.165, 1.54) is 25.7 Å². The number of thioether (sulfide) groups is 1. The van der Waals surface area contributed by atoms with Crippen LogP contribution in [0.2, 0.25) is 0 Å². The molecule has 0 aliphatic rings. The van der Waals surface area contributed by atoms with Crippen LogP contribution in [0.5, 0.6) is 0 Å². The van der Waals surface area contributed by atoms with Crippen molar-refractivity contribution in [3.63, 3.8) is 0 Å². The van der Waals surface area contributed by atoms with Crippen molar-refractivity contribution in [2.24, 2.45) is 4.99 Å². The molecule has 0 fully saturated rings. The van der Waals surface area contributed by atoms with Crippen LogP contribution < -0.4 is 10.6 Å². The van der Waals surface area contributed by atoms with Gasteiger partial charge in [-0.3, -0.25) is 4.99 Å². The van der Waals surface area contributed by atoms with E-state index in [1.54, 1.807) is 0 Å². The fourth-order valence-corrected chi connectivity index (χ4v) is 1.56. The second-order valence-corrected chi connectivity index (χ2v) is 4.46. The normalized spacial score (nSPS) is 10.8. The maximum atomic E-state index is 4.16. The Bertz CT molecular complexity index is 165. The van der Waals surface area contributed by atoms with E-state index < -0.39 is 0 Å². The number of hydrogen-bond donors (Lipinski definition) is 2. The Labute approximate surface area is 122 Å². The smallest absolute Gasteiger partial charge is 0.191 e. The fraction of sp³-hybridized carbons (Fsp3) is 0.909. The number of rotatable bonds is 8. The molecule has 0 radical (unpaired) electrons. The van der Waals surface area contributed by atoms with Crippen LogP contribution in [0.1, 0.15) is 32.6 Å². The Hall–Kier alpha value is 0.350. The van der Waals surface area contributed by atoms with Crippen molar-refractivity contribution in [2.75, 3.05) is 32.1 Å². The summed E-state index contributed by atoms with van der Waals surface area (Å²) in [5, 5.41) is 6.60. The zero-order valence-corrected chi connectivity index (χ0v) is 13.9. The van der Waals surface area contributed by atoms with Gasteiger partial charge in [-0.15, -0.1) is 24.0 Å². The molecule has 0 aliphatic carbocycles. The van der Waals surface area contributed by atoms with Crippen molar-refractivity contribution >= 4 is 41.7 Å². The molecule has 98 valence electrons. The van der Waals surface area contributed by atoms with Gasteiger partial charge in [0.2, 0.25) is 0 Å². The first kappa shape index (κ1) is 18.7. The molecule has 5 heteroatoms. The van der Waals surface area contributed by atoms with Crippen molar-refractivity contribution in [1.82, 2.24) is 10.6 Å². The summed E-state index contributed by atoms with van der Waals surface area (Å²) in [6.07, 6.45) is 7.28. The van der Waals surface area contributed by atoms with Crippen molar-refractivity contribution in [3.05, 3.63) is 0 Å². The van der Waals surface area contributed by atoms with Crippen molar-refractivity contribution in [2.45, 2.75) is 32.6 Å². The third-order valence-corrected chi connectivity index (χ3v) is 2.76. The predicted molar refractivity (Wildman–Crippen MR) is 87.3 cm³/mol. The molecular weight excluding hydrogens is 333 g/mol. The molecular formula is C11H26IN3S. The van der Waals surface area contributed by atoms with Gasteiger partial charge in [0.1, 0.15) is 0 Å². The van der Waals surface area contributed by atoms with Gasteiger partial charge in [-0.25, -0.2) is 0 Å². The van der Waals surface area contributed by atoms with E-state index in [9.17, 15) is 0 Å². The molecule has 0 aliphatic heterocycles. The summed E-state index contributed by atoms with van der Waals surface area (Å²) in [6, 6.07) is 0. The first-order valence-corrected chi connectivity index (χ1v) is 7.18. The minimum absolute atomic E-state index is 0. The molecule has 0 saturated carbocycles. The molecule has 0 spiro atoms. The molecule has 2 N–H and O–H groups in total. The van der Waals surface area contributed by atoms with E-state index in [-0.39, 0.29) is 24.0 Å². The molecule has 0 aromatic rings. The number of guanidine groups is 1. The summed E-state index contributed by atoms with van der Waals surface area (Å²) in [4.78, 5) is 4.16. The van der Waals surface area contributed by atoms with E-state index in [0.717, 1.165) is 24.8 Å². The van der Waals surface area contributed by atoms with Gasteiger partial charge in [-0.2, -0.15) is 11.8 Å². The van der Waals surface area contributed by atoms with E-state index in [4.69, 9.17) is 0 Å². The van der Waals surface area contributed by atoms with Crippen LogP contribution in [0.4, 0.5) is 0 Å². The summed E-state index contributed by atoms with van der Waals surface area (Å²) in [5.41, 5.74) is 0. The quantitative estimate of drug-likeness (QED) is 0.303. The number of nitrogens with one attached hydrogen (secondary N) is 2. The lowest BCUT2D eigenvalue weighted by Gasteiger charge is -2.10. The van der Waals surface area contributed by atoms with Crippen LogP contribution in [0.15, 0.2) is 4.99 Å². The first-order valence-electron chi connectivity index (χ1n) is 5.78. The highest BCUT2D eigenvalue weighted by atomic mass is 127. The fourth-order valence-electron chi connectivity index (χ4n) is 1.25. The van der Waals surface area contributed by atoms with Crippen molar-refractivity contribution in [1.29, 1.82) is 0 Å². The second kappa shape index (κ2) is 15.4. The van der Waals surface area contributed by atoms with Gasteiger partial charge in [0.25, 0.3) is 0 Å². The highest BCUT2D eigenvalue weighted by molar-refractivity contribution is 14.0. The Morgan fingerprint density at radius 3 is 2.38 bits per heavy atom. The SMILES string of the molecule is CCCCCCNC(=NC)NCCSC.I. The predicted octanol–water partition coefficient (Wildman–Crippen LogP) is 2.71. The maximum Gasteiger partial charge on any atom is 0.191 e. The molecule has 0 aromatic carbocycles. The third-order valence-electron chi connectivity index (χ3n) is 2.15. The van der Waals surface area contributed by atoms with Crippen LogP contribution >= 0.6 is 35.7 Å². The first-order chi connectivity index (χ1) is 7.35. The molecule has 0 rings (SSSR count). The van der Waals surface area contributed by atoms with Crippen LogP contribution in [0, 0.1) is 0 Å². The zero-order chi connectivity index (χ0) is 11.4. The zero-order valence-electron chi connectivity index (χ0n) is 10.7. The summed E-state index contributed by atoms with van der Waals surface area (Å²) in [5.74, 6) is 2.05. The number of aliphatic imine (C=N–C) groups is 1. The van der Waals surface area contributed by atoms with Gasteiger partial charge in [0.05, 0.1) is 0 Å². The van der Waals surface area contributed by atoms with E-state index in [0.29, 0.717) is 0 Å². The number of hydrogen-bond acceptors (Lipinski definition) is 2. The average Bonchev–Trinajstić information content (AvgIpc) is 2.26. The lowest BCUT2D eigenvalue weighted by atomic mass is 10.2. The molecule has 0 aromatic heterocycles. The Kier molecular flexibility index (Phi) is 17.9. The van der Waals surface area contributed by atoms with Crippen LogP contribution in [-0.2, 0) is 0 Å². The van der Waals surface area contributed by atoms with Crippen LogP contribution in [0.3, 0.4) is 0 Å². The van der Waals surface area contributed by atoms with Gasteiger partial charge in [0, 0.05) is 25.9 Å². The minimum Gasteiger partial charge on any atom is -0.356 e. The van der Waals surface area contributed by atoms with Gasteiger partial charge >= 0.3 is 0 Å². The molecule has 0 saturated heterocycles. The average molecular weight is 359 g/mol. The lowest BCUT2D eigenvalue weighted by molar-refractivity contribution is 0.648. The summed E-state index contributed by atoms with van der Waals surface area (Å²) in [7, 11) is 1.82. The number of unbranched alkanes of at least 4 members (excludes halogenated alkanes) is 3. The molecule has 0 heterocycles. The number of nitrogens with zero attached hydrogens (tertiary/aromatic N) is 1. The van der Waals surface area contributed by atoms with E-state index in [2.05, 4.69) is 28.8 Å². The van der Waals surface area contributed by atoms with Gasteiger partial charge < -0.3 is 10.6 Å². The van der Waals surface area contributed by atoms with Gasteiger partial charge in [-0.05, 0) is 12.7 Å². The Balaban J connectivity index is 0. The third kappa shape index (κ3) is 12.4. The minimum atomic E-state index is 0. The molecule has 3 nitrogen and oxygen atoms in total. The molecule has 0 unspecified atom stereocenters. The van der Waals surface area contributed by atoms with Gasteiger partial charge in [0.15, 0.2) is 5.96 Å².